The van der Waals surface area contributed by atoms with E-state index in [2.05, 4.69) is 11.8 Å². The number of rotatable bonds is 0. The first-order valence-electron chi connectivity index (χ1n) is 7.98. The van der Waals surface area contributed by atoms with Gasteiger partial charge in [0.05, 0.1) is 23.7 Å². The summed E-state index contributed by atoms with van der Waals surface area (Å²) in [4.78, 5) is 15.5. The van der Waals surface area contributed by atoms with Crippen LogP contribution in [0.25, 0.3) is 0 Å². The van der Waals surface area contributed by atoms with Gasteiger partial charge in [-0.2, -0.15) is 0 Å². The minimum absolute atomic E-state index is 0.0458. The van der Waals surface area contributed by atoms with Crippen molar-refractivity contribution >= 4 is 5.78 Å². The number of ether oxygens (including phenoxy) is 2. The second-order valence-electron chi connectivity index (χ2n) is 6.71. The minimum atomic E-state index is -0.112. The van der Waals surface area contributed by atoms with Crippen molar-refractivity contribution in [1.29, 1.82) is 0 Å². The standard InChI is InChI=1S/C16H23NO3/c1-9-8-13-14(10(2)19-9)16(18)15-11-4-3-6-17(11)7-5-12(15)20-13/h9-12,15H,3-8H2,1-2H3/t9?,10?,11-,12+,15-/m0/s1. The SMILES string of the molecule is CC1CC2=C(C(=O)[C@@H]3[C@@H](CCN4CCC[C@@H]34)O2)C(C)O1. The van der Waals surface area contributed by atoms with Crippen LogP contribution in [0.1, 0.15) is 39.5 Å². The molecule has 110 valence electrons. The second kappa shape index (κ2) is 4.57. The van der Waals surface area contributed by atoms with Gasteiger partial charge in [0.2, 0.25) is 0 Å². The molecule has 4 nitrogen and oxygen atoms in total. The number of nitrogens with zero attached hydrogens (tertiary/aromatic N) is 1. The number of hydrogen-bond donors (Lipinski definition) is 0. The van der Waals surface area contributed by atoms with Gasteiger partial charge in [-0.1, -0.05) is 0 Å². The third kappa shape index (κ3) is 1.77. The molecular formula is C16H23NO3. The number of hydrogen-bond acceptors (Lipinski definition) is 4. The highest BCUT2D eigenvalue weighted by Gasteiger charge is 2.51. The van der Waals surface area contributed by atoms with Crippen LogP contribution in [0.15, 0.2) is 11.3 Å². The van der Waals surface area contributed by atoms with Gasteiger partial charge in [-0.25, -0.2) is 0 Å². The van der Waals surface area contributed by atoms with Gasteiger partial charge in [0, 0.05) is 19.0 Å². The number of carbonyl (C=O) groups excluding carboxylic acids is 1. The van der Waals surface area contributed by atoms with Crippen molar-refractivity contribution in [2.24, 2.45) is 5.92 Å². The lowest BCUT2D eigenvalue weighted by atomic mass is 9.77. The summed E-state index contributed by atoms with van der Waals surface area (Å²) in [7, 11) is 0. The Balaban J connectivity index is 1.70. The topological polar surface area (TPSA) is 38.8 Å². The minimum Gasteiger partial charge on any atom is -0.493 e. The summed E-state index contributed by atoms with van der Waals surface area (Å²) in [6.07, 6.45) is 4.26. The Labute approximate surface area is 120 Å². The number of Topliss-reactive ketones (excluding diaryl/α,β-unsaturated/α-hetero) is 1. The van der Waals surface area contributed by atoms with Gasteiger partial charge in [0.25, 0.3) is 0 Å². The molecule has 4 rings (SSSR count). The second-order valence-corrected chi connectivity index (χ2v) is 6.71. The molecular weight excluding hydrogens is 254 g/mol. The molecule has 2 saturated heterocycles. The number of piperidine rings is 1. The molecule has 2 unspecified atom stereocenters. The zero-order valence-corrected chi connectivity index (χ0v) is 12.3. The number of fused-ring (bicyclic) bond motifs is 3. The molecule has 4 heterocycles. The predicted octanol–water partition coefficient (Wildman–Crippen LogP) is 1.89. The van der Waals surface area contributed by atoms with Crippen LogP contribution in [-0.4, -0.2) is 48.1 Å². The highest BCUT2D eigenvalue weighted by molar-refractivity contribution is 6.00. The first-order chi connectivity index (χ1) is 9.65. The lowest BCUT2D eigenvalue weighted by molar-refractivity contribution is -0.139. The zero-order valence-electron chi connectivity index (χ0n) is 12.3. The summed E-state index contributed by atoms with van der Waals surface area (Å²) in [5.74, 6) is 1.28. The molecule has 0 spiro atoms. The van der Waals surface area contributed by atoms with E-state index in [1.54, 1.807) is 0 Å². The number of carbonyl (C=O) groups is 1. The lowest BCUT2D eigenvalue weighted by Crippen LogP contribution is -2.55. The van der Waals surface area contributed by atoms with Gasteiger partial charge in [-0.3, -0.25) is 9.69 Å². The van der Waals surface area contributed by atoms with Crippen molar-refractivity contribution < 1.29 is 14.3 Å². The van der Waals surface area contributed by atoms with E-state index in [9.17, 15) is 4.79 Å². The molecule has 0 radical (unpaired) electrons. The molecule has 0 aromatic heterocycles. The molecule has 0 N–H and O–H groups in total. The first-order valence-corrected chi connectivity index (χ1v) is 7.98. The summed E-state index contributed by atoms with van der Waals surface area (Å²) < 4.78 is 12.1. The summed E-state index contributed by atoms with van der Waals surface area (Å²) in [6, 6.07) is 0.404. The van der Waals surface area contributed by atoms with E-state index in [0.29, 0.717) is 11.8 Å². The van der Waals surface area contributed by atoms with Crippen molar-refractivity contribution in [3.63, 3.8) is 0 Å². The average molecular weight is 277 g/mol. The lowest BCUT2D eigenvalue weighted by Gasteiger charge is -2.46. The van der Waals surface area contributed by atoms with Gasteiger partial charge in [0.1, 0.15) is 11.9 Å². The van der Waals surface area contributed by atoms with Gasteiger partial charge in [-0.15, -0.1) is 0 Å². The highest BCUT2D eigenvalue weighted by Crippen LogP contribution is 2.43. The van der Waals surface area contributed by atoms with Gasteiger partial charge in [-0.05, 0) is 39.7 Å². The van der Waals surface area contributed by atoms with Crippen LogP contribution in [0.2, 0.25) is 0 Å². The largest absolute Gasteiger partial charge is 0.493 e. The fourth-order valence-electron chi connectivity index (χ4n) is 4.61. The summed E-state index contributed by atoms with van der Waals surface area (Å²) in [6.45, 7) is 6.28. The average Bonchev–Trinajstić information content (AvgIpc) is 2.85. The Hall–Kier alpha value is -0.870. The highest BCUT2D eigenvalue weighted by atomic mass is 16.5. The van der Waals surface area contributed by atoms with E-state index >= 15 is 0 Å². The quantitative estimate of drug-likeness (QED) is 0.678. The Morgan fingerprint density at radius 1 is 1.20 bits per heavy atom. The Morgan fingerprint density at radius 3 is 2.90 bits per heavy atom. The first kappa shape index (κ1) is 12.8. The van der Waals surface area contributed by atoms with Gasteiger partial charge in [0.15, 0.2) is 5.78 Å². The molecule has 2 fully saturated rings. The van der Waals surface area contributed by atoms with Gasteiger partial charge >= 0.3 is 0 Å². The third-order valence-electron chi connectivity index (χ3n) is 5.41. The maximum Gasteiger partial charge on any atom is 0.173 e. The summed E-state index contributed by atoms with van der Waals surface area (Å²) in [5, 5.41) is 0. The molecule has 0 saturated carbocycles. The Bertz CT molecular complexity index is 472. The summed E-state index contributed by atoms with van der Waals surface area (Å²) in [5.41, 5.74) is 0.832. The van der Waals surface area contributed by atoms with E-state index in [1.165, 1.54) is 6.42 Å². The van der Waals surface area contributed by atoms with Crippen LogP contribution in [0, 0.1) is 5.92 Å². The van der Waals surface area contributed by atoms with Crippen LogP contribution in [0.5, 0.6) is 0 Å². The monoisotopic (exact) mass is 277 g/mol. The van der Waals surface area contributed by atoms with Crippen molar-refractivity contribution in [3.8, 4) is 0 Å². The van der Waals surface area contributed by atoms with E-state index in [1.807, 2.05) is 6.92 Å². The van der Waals surface area contributed by atoms with Gasteiger partial charge < -0.3 is 9.47 Å². The van der Waals surface area contributed by atoms with E-state index in [0.717, 1.165) is 43.7 Å². The molecule has 0 aromatic rings. The maximum absolute atomic E-state index is 13.0. The fraction of sp³-hybridized carbons (Fsp3) is 0.812. The van der Waals surface area contributed by atoms with Crippen molar-refractivity contribution in [2.45, 2.75) is 63.9 Å². The van der Waals surface area contributed by atoms with Crippen molar-refractivity contribution in [3.05, 3.63) is 11.3 Å². The van der Waals surface area contributed by atoms with Crippen LogP contribution < -0.4 is 0 Å². The van der Waals surface area contributed by atoms with Crippen molar-refractivity contribution in [1.82, 2.24) is 4.90 Å². The molecule has 4 heteroatoms. The Morgan fingerprint density at radius 2 is 2.05 bits per heavy atom. The Kier molecular flexibility index (Phi) is 2.93. The normalized spacial score (nSPS) is 44.7. The van der Waals surface area contributed by atoms with E-state index in [4.69, 9.17) is 9.47 Å². The molecule has 0 bridgehead atoms. The summed E-state index contributed by atoms with van der Waals surface area (Å²) >= 11 is 0. The maximum atomic E-state index is 13.0. The molecule has 0 aromatic carbocycles. The molecule has 4 aliphatic rings. The smallest absolute Gasteiger partial charge is 0.173 e. The fourth-order valence-corrected chi connectivity index (χ4v) is 4.61. The molecule has 4 aliphatic heterocycles. The third-order valence-corrected chi connectivity index (χ3v) is 5.41. The van der Waals surface area contributed by atoms with E-state index < -0.39 is 0 Å². The molecule has 5 atom stereocenters. The predicted molar refractivity (Wildman–Crippen MR) is 74.2 cm³/mol. The van der Waals surface area contributed by atoms with Crippen LogP contribution in [0.4, 0.5) is 0 Å². The molecule has 0 amide bonds. The van der Waals surface area contributed by atoms with Crippen molar-refractivity contribution in [2.75, 3.05) is 13.1 Å². The van der Waals surface area contributed by atoms with Crippen LogP contribution in [0.3, 0.4) is 0 Å². The molecule has 20 heavy (non-hydrogen) atoms. The van der Waals surface area contributed by atoms with E-state index in [-0.39, 0.29) is 24.2 Å². The van der Waals surface area contributed by atoms with Crippen LogP contribution in [-0.2, 0) is 14.3 Å². The zero-order chi connectivity index (χ0) is 13.9. The number of ketones is 1. The van der Waals surface area contributed by atoms with Crippen LogP contribution >= 0.6 is 0 Å². The molecule has 0 aliphatic carbocycles.